The van der Waals surface area contributed by atoms with Crippen molar-refractivity contribution in [3.63, 3.8) is 0 Å². The largest absolute Gasteiger partial charge is 0.497 e. The first-order chi connectivity index (χ1) is 10.7. The molecule has 0 spiro atoms. The summed E-state index contributed by atoms with van der Waals surface area (Å²) in [6, 6.07) is 16.5. The van der Waals surface area contributed by atoms with Crippen LogP contribution in [0.1, 0.15) is 5.56 Å². The maximum absolute atomic E-state index is 5.75. The van der Waals surface area contributed by atoms with Crippen molar-refractivity contribution in [2.75, 3.05) is 43.9 Å². The molecule has 4 heteroatoms. The lowest BCUT2D eigenvalue weighted by atomic mass is 10.2. The molecule has 0 aromatic heterocycles. The number of nitrogen functional groups attached to an aromatic ring is 1. The van der Waals surface area contributed by atoms with Crippen molar-refractivity contribution in [2.45, 2.75) is 6.54 Å². The predicted molar refractivity (Wildman–Crippen MR) is 91.3 cm³/mol. The number of rotatable bonds is 4. The minimum Gasteiger partial charge on any atom is -0.497 e. The first kappa shape index (κ1) is 14.7. The normalized spacial score (nSPS) is 15.8. The van der Waals surface area contributed by atoms with E-state index in [1.165, 1.54) is 11.3 Å². The molecule has 3 rings (SSSR count). The first-order valence-electron chi connectivity index (χ1n) is 7.70. The summed E-state index contributed by atoms with van der Waals surface area (Å²) in [4.78, 5) is 4.92. The summed E-state index contributed by atoms with van der Waals surface area (Å²) in [5, 5.41) is 0. The van der Waals surface area contributed by atoms with Gasteiger partial charge in [0.2, 0.25) is 0 Å². The van der Waals surface area contributed by atoms with Gasteiger partial charge in [-0.1, -0.05) is 12.1 Å². The van der Waals surface area contributed by atoms with Crippen LogP contribution in [0.25, 0.3) is 0 Å². The van der Waals surface area contributed by atoms with Crippen molar-refractivity contribution in [1.29, 1.82) is 0 Å². The van der Waals surface area contributed by atoms with Gasteiger partial charge in [0, 0.05) is 44.1 Å². The fourth-order valence-electron chi connectivity index (χ4n) is 2.84. The van der Waals surface area contributed by atoms with Crippen molar-refractivity contribution < 1.29 is 4.74 Å². The van der Waals surface area contributed by atoms with Crippen molar-refractivity contribution in [3.05, 3.63) is 54.1 Å². The summed E-state index contributed by atoms with van der Waals surface area (Å²) in [6.45, 7) is 5.27. The second kappa shape index (κ2) is 6.71. The fraction of sp³-hybridized carbons (Fsp3) is 0.333. The zero-order valence-electron chi connectivity index (χ0n) is 13.0. The molecule has 2 aromatic rings. The summed E-state index contributed by atoms with van der Waals surface area (Å²) in [5.74, 6) is 0.914. The highest BCUT2D eigenvalue weighted by Gasteiger charge is 2.17. The third-order valence-corrected chi connectivity index (χ3v) is 4.20. The Morgan fingerprint density at radius 1 is 0.909 bits per heavy atom. The lowest BCUT2D eigenvalue weighted by Gasteiger charge is -2.36. The lowest BCUT2D eigenvalue weighted by Crippen LogP contribution is -2.45. The third kappa shape index (κ3) is 3.52. The Kier molecular flexibility index (Phi) is 4.49. The molecule has 2 N–H and O–H groups in total. The molecule has 0 atom stereocenters. The molecular formula is C18H23N3O. The van der Waals surface area contributed by atoms with E-state index in [0.717, 1.165) is 44.2 Å². The van der Waals surface area contributed by atoms with Gasteiger partial charge in [-0.05, 0) is 42.0 Å². The summed E-state index contributed by atoms with van der Waals surface area (Å²) in [7, 11) is 1.70. The summed E-state index contributed by atoms with van der Waals surface area (Å²) >= 11 is 0. The van der Waals surface area contributed by atoms with Crippen LogP contribution in [-0.2, 0) is 6.54 Å². The number of benzene rings is 2. The number of hydrogen-bond donors (Lipinski definition) is 1. The van der Waals surface area contributed by atoms with E-state index >= 15 is 0 Å². The average molecular weight is 297 g/mol. The molecule has 0 aliphatic carbocycles. The van der Waals surface area contributed by atoms with Crippen LogP contribution in [-0.4, -0.2) is 38.2 Å². The predicted octanol–water partition coefficient (Wildman–Crippen LogP) is 2.60. The molecule has 22 heavy (non-hydrogen) atoms. The van der Waals surface area contributed by atoms with Gasteiger partial charge < -0.3 is 15.4 Å². The van der Waals surface area contributed by atoms with Crippen molar-refractivity contribution in [2.24, 2.45) is 0 Å². The van der Waals surface area contributed by atoms with Crippen LogP contribution in [0.15, 0.2) is 48.5 Å². The van der Waals surface area contributed by atoms with Gasteiger partial charge >= 0.3 is 0 Å². The van der Waals surface area contributed by atoms with Crippen LogP contribution in [0.4, 0.5) is 11.4 Å². The molecule has 0 bridgehead atoms. The van der Waals surface area contributed by atoms with E-state index in [0.29, 0.717) is 0 Å². The Morgan fingerprint density at radius 3 is 2.14 bits per heavy atom. The summed E-state index contributed by atoms with van der Waals surface area (Å²) < 4.78 is 5.20. The van der Waals surface area contributed by atoms with E-state index in [4.69, 9.17) is 10.5 Å². The Labute approximate surface area is 132 Å². The quantitative estimate of drug-likeness (QED) is 0.881. The molecule has 1 aliphatic rings. The van der Waals surface area contributed by atoms with Crippen LogP contribution in [0.2, 0.25) is 0 Å². The zero-order valence-corrected chi connectivity index (χ0v) is 13.0. The van der Waals surface area contributed by atoms with Crippen LogP contribution in [0, 0.1) is 0 Å². The number of piperazine rings is 1. The number of ether oxygens (including phenoxy) is 1. The molecule has 2 aromatic carbocycles. The molecule has 116 valence electrons. The number of hydrogen-bond acceptors (Lipinski definition) is 4. The Balaban J connectivity index is 1.53. The van der Waals surface area contributed by atoms with Crippen molar-refractivity contribution in [3.8, 4) is 5.75 Å². The SMILES string of the molecule is COc1ccc(CN2CCN(c3ccc(N)cc3)CC2)cc1. The van der Waals surface area contributed by atoms with Crippen LogP contribution < -0.4 is 15.4 Å². The first-order valence-corrected chi connectivity index (χ1v) is 7.70. The molecule has 1 aliphatic heterocycles. The lowest BCUT2D eigenvalue weighted by molar-refractivity contribution is 0.250. The Hall–Kier alpha value is -2.20. The molecule has 1 fully saturated rings. The maximum atomic E-state index is 5.75. The van der Waals surface area contributed by atoms with Crippen LogP contribution in [0.5, 0.6) is 5.75 Å². The summed E-state index contributed by atoms with van der Waals surface area (Å²) in [6.07, 6.45) is 0. The number of nitrogens with zero attached hydrogens (tertiary/aromatic N) is 2. The molecule has 4 nitrogen and oxygen atoms in total. The Morgan fingerprint density at radius 2 is 1.55 bits per heavy atom. The molecule has 0 radical (unpaired) electrons. The fourth-order valence-corrected chi connectivity index (χ4v) is 2.84. The van der Waals surface area contributed by atoms with Gasteiger partial charge in [0.15, 0.2) is 0 Å². The van der Waals surface area contributed by atoms with Gasteiger partial charge in [-0.2, -0.15) is 0 Å². The zero-order chi connectivity index (χ0) is 15.4. The maximum Gasteiger partial charge on any atom is 0.118 e. The van der Waals surface area contributed by atoms with Crippen LogP contribution >= 0.6 is 0 Å². The van der Waals surface area contributed by atoms with Gasteiger partial charge in [-0.15, -0.1) is 0 Å². The molecule has 0 saturated carbocycles. The molecule has 0 unspecified atom stereocenters. The molecule has 1 heterocycles. The van der Waals surface area contributed by atoms with Crippen molar-refractivity contribution >= 4 is 11.4 Å². The second-order valence-electron chi connectivity index (χ2n) is 5.70. The van der Waals surface area contributed by atoms with Crippen molar-refractivity contribution in [1.82, 2.24) is 4.90 Å². The number of methoxy groups -OCH3 is 1. The molecular weight excluding hydrogens is 274 g/mol. The van der Waals surface area contributed by atoms with Gasteiger partial charge in [0.1, 0.15) is 5.75 Å². The van der Waals surface area contributed by atoms with E-state index in [-0.39, 0.29) is 0 Å². The van der Waals surface area contributed by atoms with E-state index < -0.39 is 0 Å². The minimum absolute atomic E-state index is 0.821. The van der Waals surface area contributed by atoms with E-state index in [2.05, 4.69) is 34.1 Å². The van der Waals surface area contributed by atoms with E-state index in [9.17, 15) is 0 Å². The number of anilines is 2. The molecule has 0 amide bonds. The van der Waals surface area contributed by atoms with Gasteiger partial charge in [0.05, 0.1) is 7.11 Å². The second-order valence-corrected chi connectivity index (χ2v) is 5.70. The topological polar surface area (TPSA) is 41.7 Å². The standard InChI is InChI=1S/C18H23N3O/c1-22-18-8-2-15(3-9-18)14-20-10-12-21(13-11-20)17-6-4-16(19)5-7-17/h2-9H,10-14,19H2,1H3. The monoisotopic (exact) mass is 297 g/mol. The highest BCUT2D eigenvalue weighted by molar-refractivity contribution is 5.53. The van der Waals surface area contributed by atoms with Gasteiger partial charge in [0.25, 0.3) is 0 Å². The van der Waals surface area contributed by atoms with Gasteiger partial charge in [-0.25, -0.2) is 0 Å². The van der Waals surface area contributed by atoms with Gasteiger partial charge in [-0.3, -0.25) is 4.90 Å². The highest BCUT2D eigenvalue weighted by atomic mass is 16.5. The van der Waals surface area contributed by atoms with E-state index in [1.54, 1.807) is 7.11 Å². The van der Waals surface area contributed by atoms with Crippen LogP contribution in [0.3, 0.4) is 0 Å². The smallest absolute Gasteiger partial charge is 0.118 e. The highest BCUT2D eigenvalue weighted by Crippen LogP contribution is 2.19. The minimum atomic E-state index is 0.821. The number of nitrogens with two attached hydrogens (primary N) is 1. The van der Waals surface area contributed by atoms with E-state index in [1.807, 2.05) is 24.3 Å². The third-order valence-electron chi connectivity index (χ3n) is 4.20. The summed E-state index contributed by atoms with van der Waals surface area (Å²) in [5.41, 5.74) is 9.17. The average Bonchev–Trinajstić information content (AvgIpc) is 2.57. The molecule has 1 saturated heterocycles. The Bertz CT molecular complexity index is 587.